The number of thiazole rings is 1. The second-order valence-corrected chi connectivity index (χ2v) is 7.00. The smallest absolute Gasteiger partial charge is 0.263 e. The van der Waals surface area contributed by atoms with Crippen LogP contribution in [0.5, 0.6) is 0 Å². The molecular weight excluding hydrogens is 360 g/mol. The molecule has 1 N–H and O–H groups in total. The Morgan fingerprint density at radius 3 is 2.52 bits per heavy atom. The van der Waals surface area contributed by atoms with Crippen LogP contribution in [-0.2, 0) is 6.54 Å². The van der Waals surface area contributed by atoms with Gasteiger partial charge in [-0.25, -0.2) is 4.98 Å². The molecular formula is C19H18N6OS. The predicted octanol–water partition coefficient (Wildman–Crippen LogP) is 3.01. The third-order valence-electron chi connectivity index (χ3n) is 4.14. The Bertz CT molecular complexity index is 1010. The van der Waals surface area contributed by atoms with Gasteiger partial charge >= 0.3 is 0 Å². The van der Waals surface area contributed by atoms with Crippen molar-refractivity contribution < 1.29 is 4.79 Å². The van der Waals surface area contributed by atoms with E-state index in [1.165, 1.54) is 11.3 Å². The maximum absolute atomic E-state index is 13.0. The van der Waals surface area contributed by atoms with Crippen LogP contribution >= 0.6 is 11.3 Å². The van der Waals surface area contributed by atoms with Crippen molar-refractivity contribution in [3.8, 4) is 5.13 Å². The number of rotatable bonds is 6. The number of carbonyl (C=O) groups is 1. The van der Waals surface area contributed by atoms with Crippen LogP contribution < -0.4 is 5.32 Å². The minimum atomic E-state index is -0.248. The molecule has 0 radical (unpaired) electrons. The number of aromatic nitrogens is 5. The third kappa shape index (κ3) is 3.80. The number of hydrogen-bond acceptors (Lipinski definition) is 5. The van der Waals surface area contributed by atoms with Crippen LogP contribution in [0.4, 0.5) is 0 Å². The zero-order chi connectivity index (χ0) is 18.6. The van der Waals surface area contributed by atoms with Crippen molar-refractivity contribution in [2.75, 3.05) is 0 Å². The van der Waals surface area contributed by atoms with E-state index in [1.54, 1.807) is 17.2 Å². The Kier molecular flexibility index (Phi) is 4.80. The summed E-state index contributed by atoms with van der Waals surface area (Å²) in [6.07, 6.45) is 7.08. The van der Waals surface area contributed by atoms with E-state index in [9.17, 15) is 4.79 Å². The summed E-state index contributed by atoms with van der Waals surface area (Å²) in [6.45, 7) is 2.30. The van der Waals surface area contributed by atoms with Crippen molar-refractivity contribution in [1.82, 2.24) is 29.9 Å². The van der Waals surface area contributed by atoms with E-state index in [0.717, 1.165) is 10.7 Å². The summed E-state index contributed by atoms with van der Waals surface area (Å²) < 4.78 is 1.90. The van der Waals surface area contributed by atoms with Gasteiger partial charge in [0, 0.05) is 12.4 Å². The molecule has 136 valence electrons. The number of benzene rings is 1. The Hall–Kier alpha value is -3.26. The molecule has 0 fully saturated rings. The standard InChI is InChI=1S/C19H18N6OS/c1-14-17(27-19(22-14)24-11-5-6-12-24)18(26)23-16(13-25-20-9-10-21-25)15-7-3-2-4-8-15/h2-12,16H,13H2,1H3,(H,23,26). The molecule has 0 aliphatic rings. The van der Waals surface area contributed by atoms with Crippen molar-refractivity contribution in [1.29, 1.82) is 0 Å². The summed E-state index contributed by atoms with van der Waals surface area (Å²) in [6, 6.07) is 13.4. The fourth-order valence-electron chi connectivity index (χ4n) is 2.81. The lowest BCUT2D eigenvalue weighted by Gasteiger charge is -2.18. The van der Waals surface area contributed by atoms with Crippen LogP contribution in [0, 0.1) is 6.92 Å². The van der Waals surface area contributed by atoms with Crippen molar-refractivity contribution in [3.05, 3.63) is 83.4 Å². The number of amides is 1. The first-order chi connectivity index (χ1) is 13.2. The van der Waals surface area contributed by atoms with E-state index in [4.69, 9.17) is 0 Å². The molecule has 0 bridgehead atoms. The third-order valence-corrected chi connectivity index (χ3v) is 5.31. The molecule has 1 amide bonds. The number of aryl methyl sites for hydroxylation is 1. The highest BCUT2D eigenvalue weighted by Crippen LogP contribution is 2.23. The Morgan fingerprint density at radius 2 is 1.81 bits per heavy atom. The van der Waals surface area contributed by atoms with Gasteiger partial charge in [-0.3, -0.25) is 4.79 Å². The van der Waals surface area contributed by atoms with E-state index in [0.29, 0.717) is 17.1 Å². The van der Waals surface area contributed by atoms with Gasteiger partial charge in [0.15, 0.2) is 5.13 Å². The van der Waals surface area contributed by atoms with Gasteiger partial charge in [-0.2, -0.15) is 15.0 Å². The number of hydrogen-bond donors (Lipinski definition) is 1. The molecule has 0 saturated heterocycles. The summed E-state index contributed by atoms with van der Waals surface area (Å²) in [5, 5.41) is 12.2. The maximum Gasteiger partial charge on any atom is 0.263 e. The molecule has 1 atom stereocenters. The normalized spacial score (nSPS) is 12.0. The van der Waals surface area contributed by atoms with Crippen molar-refractivity contribution in [2.24, 2.45) is 0 Å². The zero-order valence-corrected chi connectivity index (χ0v) is 15.5. The molecule has 8 heteroatoms. The van der Waals surface area contributed by atoms with Crippen molar-refractivity contribution >= 4 is 17.2 Å². The predicted molar refractivity (Wildman–Crippen MR) is 103 cm³/mol. The first-order valence-electron chi connectivity index (χ1n) is 8.51. The number of nitrogens with one attached hydrogen (secondary N) is 1. The summed E-state index contributed by atoms with van der Waals surface area (Å²) in [5.41, 5.74) is 1.71. The highest BCUT2D eigenvalue weighted by Gasteiger charge is 2.21. The lowest BCUT2D eigenvalue weighted by molar-refractivity contribution is 0.0934. The molecule has 27 heavy (non-hydrogen) atoms. The fourth-order valence-corrected chi connectivity index (χ4v) is 3.75. The van der Waals surface area contributed by atoms with Crippen molar-refractivity contribution in [2.45, 2.75) is 19.5 Å². The van der Waals surface area contributed by atoms with Gasteiger partial charge in [0.2, 0.25) is 0 Å². The quantitative estimate of drug-likeness (QED) is 0.559. The van der Waals surface area contributed by atoms with E-state index in [1.807, 2.05) is 66.3 Å². The fraction of sp³-hybridized carbons (Fsp3) is 0.158. The number of nitrogens with zero attached hydrogens (tertiary/aromatic N) is 5. The van der Waals surface area contributed by atoms with E-state index >= 15 is 0 Å². The highest BCUT2D eigenvalue weighted by molar-refractivity contribution is 7.16. The summed E-state index contributed by atoms with van der Waals surface area (Å²) in [7, 11) is 0. The highest BCUT2D eigenvalue weighted by atomic mass is 32.1. The van der Waals surface area contributed by atoms with Gasteiger partial charge in [0.1, 0.15) is 4.88 Å². The molecule has 0 aliphatic heterocycles. The first kappa shape index (κ1) is 17.2. The second kappa shape index (κ2) is 7.55. The topological polar surface area (TPSA) is 77.6 Å². The van der Waals surface area contributed by atoms with Crippen LogP contribution in [0.15, 0.2) is 67.3 Å². The average Bonchev–Trinajstić information content (AvgIpc) is 3.43. The summed E-state index contributed by atoms with van der Waals surface area (Å²) in [5.74, 6) is -0.149. The molecule has 0 saturated carbocycles. The van der Waals surface area contributed by atoms with Crippen LogP contribution in [0.1, 0.15) is 27.0 Å². The van der Waals surface area contributed by atoms with Crippen LogP contribution in [-0.4, -0.2) is 30.5 Å². The molecule has 3 heterocycles. The lowest BCUT2D eigenvalue weighted by Crippen LogP contribution is -2.32. The van der Waals surface area contributed by atoms with Gasteiger partial charge in [-0.05, 0) is 24.6 Å². The molecule has 0 aliphatic carbocycles. The molecule has 4 rings (SSSR count). The van der Waals surface area contributed by atoms with Crippen molar-refractivity contribution in [3.63, 3.8) is 0 Å². The van der Waals surface area contributed by atoms with Crippen LogP contribution in [0.2, 0.25) is 0 Å². The largest absolute Gasteiger partial charge is 0.343 e. The van der Waals surface area contributed by atoms with Gasteiger partial charge in [0.25, 0.3) is 5.91 Å². The molecule has 1 aromatic carbocycles. The molecule has 7 nitrogen and oxygen atoms in total. The lowest BCUT2D eigenvalue weighted by atomic mass is 10.1. The molecule has 4 aromatic rings. The van der Waals surface area contributed by atoms with E-state index in [-0.39, 0.29) is 11.9 Å². The summed E-state index contributed by atoms with van der Waals surface area (Å²) in [4.78, 5) is 19.7. The second-order valence-electron chi connectivity index (χ2n) is 6.02. The minimum absolute atomic E-state index is 0.149. The van der Waals surface area contributed by atoms with E-state index in [2.05, 4.69) is 20.5 Å². The maximum atomic E-state index is 13.0. The number of carbonyl (C=O) groups excluding carboxylic acids is 1. The van der Waals surface area contributed by atoms with Gasteiger partial charge in [-0.1, -0.05) is 41.7 Å². The Balaban J connectivity index is 1.58. The average molecular weight is 378 g/mol. The van der Waals surface area contributed by atoms with Gasteiger partial charge in [-0.15, -0.1) is 0 Å². The Labute approximate surface area is 160 Å². The van der Waals surface area contributed by atoms with Crippen LogP contribution in [0.25, 0.3) is 5.13 Å². The molecule has 0 spiro atoms. The van der Waals surface area contributed by atoms with Crippen LogP contribution in [0.3, 0.4) is 0 Å². The minimum Gasteiger partial charge on any atom is -0.343 e. The van der Waals surface area contributed by atoms with Gasteiger partial charge in [0.05, 0.1) is 30.7 Å². The molecule has 1 unspecified atom stereocenters. The van der Waals surface area contributed by atoms with E-state index < -0.39 is 0 Å². The van der Waals surface area contributed by atoms with Gasteiger partial charge < -0.3 is 9.88 Å². The Morgan fingerprint density at radius 1 is 1.11 bits per heavy atom. The first-order valence-corrected chi connectivity index (χ1v) is 9.33. The SMILES string of the molecule is Cc1nc(-n2cccc2)sc1C(=O)NC(Cn1nccn1)c1ccccc1. The zero-order valence-electron chi connectivity index (χ0n) is 14.7. The molecule has 3 aromatic heterocycles. The monoisotopic (exact) mass is 378 g/mol. The summed E-state index contributed by atoms with van der Waals surface area (Å²) >= 11 is 1.37.